The van der Waals surface area contributed by atoms with Gasteiger partial charge in [0.05, 0.1) is 0 Å². The minimum Gasteiger partial charge on any atom is -0.480 e. The number of anilines is 1. The average Bonchev–Trinajstić information content (AvgIpc) is 2.84. The summed E-state index contributed by atoms with van der Waals surface area (Å²) >= 11 is 0. The van der Waals surface area contributed by atoms with Crippen LogP contribution in [0.25, 0.3) is 0 Å². The van der Waals surface area contributed by atoms with E-state index >= 15 is 0 Å². The second-order valence-electron chi connectivity index (χ2n) is 4.49. The third kappa shape index (κ3) is 4.08. The summed E-state index contributed by atoms with van der Waals surface area (Å²) in [5, 5.41) is 12.7. The van der Waals surface area contributed by atoms with E-state index in [9.17, 15) is 4.79 Å². The number of carboxylic acids is 1. The second-order valence-corrected chi connectivity index (χ2v) is 4.49. The summed E-state index contributed by atoms with van der Waals surface area (Å²) in [5.74, 6) is 0.360. The van der Waals surface area contributed by atoms with E-state index in [4.69, 9.17) is 9.63 Å². The molecule has 0 spiro atoms. The van der Waals surface area contributed by atoms with Gasteiger partial charge in [-0.25, -0.2) is 0 Å². The third-order valence-electron chi connectivity index (χ3n) is 2.84. The number of hydrogen-bond acceptors (Lipinski definition) is 5. The van der Waals surface area contributed by atoms with E-state index < -0.39 is 5.97 Å². The fraction of sp³-hybridized carbons (Fsp3) is 0.357. The van der Waals surface area contributed by atoms with Gasteiger partial charge < -0.3 is 14.5 Å². The Morgan fingerprint density at radius 2 is 2.10 bits per heavy atom. The van der Waals surface area contributed by atoms with Crippen LogP contribution in [-0.2, 0) is 11.2 Å². The molecular weight excluding hydrogens is 258 g/mol. The maximum absolute atomic E-state index is 10.9. The summed E-state index contributed by atoms with van der Waals surface area (Å²) in [6.07, 6.45) is 1.40. The number of aliphatic carboxylic acids is 1. The molecule has 0 radical (unpaired) electrons. The van der Waals surface area contributed by atoms with Gasteiger partial charge in [-0.05, 0) is 25.5 Å². The van der Waals surface area contributed by atoms with Crippen molar-refractivity contribution in [2.45, 2.75) is 19.8 Å². The molecule has 1 N–H and O–H groups in total. The standard InChI is InChI=1S/C14H17N3O3/c1-11-15-13(20-16-11)8-5-9-17(10-14(18)19)12-6-3-2-4-7-12/h2-4,6-7H,5,8-10H2,1H3,(H,18,19). The molecule has 1 aromatic heterocycles. The predicted molar refractivity (Wildman–Crippen MR) is 73.6 cm³/mol. The van der Waals surface area contributed by atoms with E-state index in [1.807, 2.05) is 35.2 Å². The Morgan fingerprint density at radius 3 is 2.70 bits per heavy atom. The van der Waals surface area contributed by atoms with Crippen LogP contribution in [0.1, 0.15) is 18.1 Å². The van der Waals surface area contributed by atoms with Crippen molar-refractivity contribution < 1.29 is 14.4 Å². The minimum absolute atomic E-state index is 0.0210. The Labute approximate surface area is 117 Å². The van der Waals surface area contributed by atoms with Crippen molar-refractivity contribution in [3.05, 3.63) is 42.0 Å². The molecule has 2 aromatic rings. The Kier molecular flexibility index (Phi) is 4.70. The van der Waals surface area contributed by atoms with Crippen LogP contribution in [0, 0.1) is 6.92 Å². The monoisotopic (exact) mass is 275 g/mol. The highest BCUT2D eigenvalue weighted by Crippen LogP contribution is 2.14. The zero-order chi connectivity index (χ0) is 14.4. The highest BCUT2D eigenvalue weighted by molar-refractivity contribution is 5.73. The van der Waals surface area contributed by atoms with E-state index in [-0.39, 0.29) is 6.54 Å². The second kappa shape index (κ2) is 6.70. The highest BCUT2D eigenvalue weighted by atomic mass is 16.5. The van der Waals surface area contributed by atoms with Gasteiger partial charge in [0.1, 0.15) is 6.54 Å². The van der Waals surface area contributed by atoms with Crippen LogP contribution in [0.4, 0.5) is 5.69 Å². The highest BCUT2D eigenvalue weighted by Gasteiger charge is 2.11. The number of aryl methyl sites for hydroxylation is 2. The molecule has 20 heavy (non-hydrogen) atoms. The lowest BCUT2D eigenvalue weighted by molar-refractivity contribution is -0.135. The molecule has 0 bridgehead atoms. The van der Waals surface area contributed by atoms with E-state index in [1.165, 1.54) is 0 Å². The number of para-hydroxylation sites is 1. The molecule has 0 saturated carbocycles. The van der Waals surface area contributed by atoms with Crippen molar-refractivity contribution in [3.63, 3.8) is 0 Å². The first-order valence-corrected chi connectivity index (χ1v) is 6.46. The van der Waals surface area contributed by atoms with Crippen LogP contribution in [0.2, 0.25) is 0 Å². The van der Waals surface area contributed by atoms with Gasteiger partial charge >= 0.3 is 5.97 Å². The number of rotatable bonds is 7. The van der Waals surface area contributed by atoms with E-state index in [0.29, 0.717) is 24.7 Å². The summed E-state index contributed by atoms with van der Waals surface area (Å²) in [6, 6.07) is 9.50. The van der Waals surface area contributed by atoms with Gasteiger partial charge in [-0.3, -0.25) is 4.79 Å². The maximum Gasteiger partial charge on any atom is 0.323 e. The molecule has 0 aliphatic rings. The smallest absolute Gasteiger partial charge is 0.323 e. The number of carboxylic acid groups (broad SMARTS) is 1. The lowest BCUT2D eigenvalue weighted by Gasteiger charge is -2.22. The molecular formula is C14H17N3O3. The molecule has 1 heterocycles. The quantitative estimate of drug-likeness (QED) is 0.831. The summed E-state index contributed by atoms with van der Waals surface area (Å²) in [6.45, 7) is 2.37. The van der Waals surface area contributed by atoms with Crippen LogP contribution >= 0.6 is 0 Å². The number of nitrogens with zero attached hydrogens (tertiary/aromatic N) is 3. The Morgan fingerprint density at radius 1 is 1.35 bits per heavy atom. The topological polar surface area (TPSA) is 79.5 Å². The fourth-order valence-electron chi connectivity index (χ4n) is 1.96. The van der Waals surface area contributed by atoms with Crippen molar-refractivity contribution in [1.82, 2.24) is 10.1 Å². The van der Waals surface area contributed by atoms with Gasteiger partial charge in [0.25, 0.3) is 0 Å². The van der Waals surface area contributed by atoms with Gasteiger partial charge in [-0.1, -0.05) is 23.4 Å². The lowest BCUT2D eigenvalue weighted by Crippen LogP contribution is -2.30. The van der Waals surface area contributed by atoms with E-state index in [1.54, 1.807) is 6.92 Å². The molecule has 0 aliphatic heterocycles. The number of hydrogen-bond donors (Lipinski definition) is 1. The van der Waals surface area contributed by atoms with Crippen LogP contribution in [0.15, 0.2) is 34.9 Å². The average molecular weight is 275 g/mol. The largest absolute Gasteiger partial charge is 0.480 e. The van der Waals surface area contributed by atoms with Crippen molar-refractivity contribution in [3.8, 4) is 0 Å². The van der Waals surface area contributed by atoms with Crippen molar-refractivity contribution in [2.75, 3.05) is 18.0 Å². The third-order valence-corrected chi connectivity index (χ3v) is 2.84. The van der Waals surface area contributed by atoms with E-state index in [2.05, 4.69) is 10.1 Å². The van der Waals surface area contributed by atoms with Gasteiger partial charge in [0.2, 0.25) is 5.89 Å². The van der Waals surface area contributed by atoms with Crippen LogP contribution in [0.3, 0.4) is 0 Å². The first kappa shape index (κ1) is 14.0. The number of aromatic nitrogens is 2. The molecule has 0 amide bonds. The van der Waals surface area contributed by atoms with Crippen molar-refractivity contribution in [1.29, 1.82) is 0 Å². The number of benzene rings is 1. The normalized spacial score (nSPS) is 10.4. The van der Waals surface area contributed by atoms with Crippen LogP contribution in [-0.4, -0.2) is 34.3 Å². The Balaban J connectivity index is 1.92. The summed E-state index contributed by atoms with van der Waals surface area (Å²) < 4.78 is 5.04. The SMILES string of the molecule is Cc1noc(CCCN(CC(=O)O)c2ccccc2)n1. The molecule has 2 rings (SSSR count). The lowest BCUT2D eigenvalue weighted by atomic mass is 10.2. The summed E-state index contributed by atoms with van der Waals surface area (Å²) in [4.78, 5) is 16.9. The zero-order valence-electron chi connectivity index (χ0n) is 11.3. The number of carbonyl (C=O) groups is 1. The fourth-order valence-corrected chi connectivity index (χ4v) is 1.96. The molecule has 6 nitrogen and oxygen atoms in total. The molecule has 0 fully saturated rings. The molecule has 6 heteroatoms. The predicted octanol–water partition coefficient (Wildman–Crippen LogP) is 1.90. The minimum atomic E-state index is -0.845. The van der Waals surface area contributed by atoms with E-state index in [0.717, 1.165) is 12.1 Å². The Hall–Kier alpha value is -2.37. The van der Waals surface area contributed by atoms with Gasteiger partial charge in [-0.2, -0.15) is 4.98 Å². The molecule has 0 unspecified atom stereocenters. The first-order chi connectivity index (χ1) is 9.65. The van der Waals surface area contributed by atoms with Gasteiger partial charge in [0, 0.05) is 18.7 Å². The van der Waals surface area contributed by atoms with Crippen LogP contribution in [0.5, 0.6) is 0 Å². The molecule has 0 atom stereocenters. The summed E-state index contributed by atoms with van der Waals surface area (Å²) in [7, 11) is 0. The molecule has 1 aromatic carbocycles. The van der Waals surface area contributed by atoms with Gasteiger partial charge in [-0.15, -0.1) is 0 Å². The Bertz CT molecular complexity index is 554. The molecule has 0 aliphatic carbocycles. The molecule has 106 valence electrons. The maximum atomic E-state index is 10.9. The van der Waals surface area contributed by atoms with Crippen molar-refractivity contribution >= 4 is 11.7 Å². The van der Waals surface area contributed by atoms with Crippen molar-refractivity contribution in [2.24, 2.45) is 0 Å². The first-order valence-electron chi connectivity index (χ1n) is 6.46. The summed E-state index contributed by atoms with van der Waals surface area (Å²) in [5.41, 5.74) is 0.900. The zero-order valence-corrected chi connectivity index (χ0v) is 11.3. The van der Waals surface area contributed by atoms with Gasteiger partial charge in [0.15, 0.2) is 5.82 Å². The molecule has 0 saturated heterocycles. The van der Waals surface area contributed by atoms with Crippen LogP contribution < -0.4 is 4.90 Å².